The number of carbonyl (C=O) groups is 2. The number of nitrogens with one attached hydrogen (secondary N) is 1. The molecule has 2 amide bonds. The molecule has 1 saturated heterocycles. The van der Waals surface area contributed by atoms with Crippen molar-refractivity contribution in [1.29, 1.82) is 0 Å². The van der Waals surface area contributed by atoms with Gasteiger partial charge in [0.2, 0.25) is 5.76 Å². The lowest BCUT2D eigenvalue weighted by molar-refractivity contribution is -0.118. The molecule has 3 aromatic rings. The zero-order chi connectivity index (χ0) is 20.2. The van der Waals surface area contributed by atoms with E-state index in [0.29, 0.717) is 48.7 Å². The average Bonchev–Trinajstić information content (AvgIpc) is 3.12. The summed E-state index contributed by atoms with van der Waals surface area (Å²) in [4.78, 5) is 27.1. The predicted molar refractivity (Wildman–Crippen MR) is 111 cm³/mol. The molecule has 4 rings (SSSR count). The average molecular weight is 459 g/mol. The number of carbonyl (C=O) groups excluding carboxylic acids is 2. The largest absolute Gasteiger partial charge is 0.484 e. The number of amides is 2. The molecule has 1 fully saturated rings. The maximum absolute atomic E-state index is 13.0. The van der Waals surface area contributed by atoms with Crippen molar-refractivity contribution in [3.63, 3.8) is 0 Å². The van der Waals surface area contributed by atoms with Gasteiger partial charge in [-0.25, -0.2) is 0 Å². The van der Waals surface area contributed by atoms with E-state index in [4.69, 9.17) is 13.9 Å². The fraction of sp³-hybridized carbons (Fsp3) is 0.238. The number of nitrogens with zero attached hydrogens (tertiary/aromatic N) is 1. The van der Waals surface area contributed by atoms with Gasteiger partial charge in [0.05, 0.1) is 13.2 Å². The monoisotopic (exact) mass is 458 g/mol. The molecule has 0 spiro atoms. The lowest BCUT2D eigenvalue weighted by Crippen LogP contribution is -2.40. The summed E-state index contributed by atoms with van der Waals surface area (Å²) in [5.74, 6) is 0.0410. The van der Waals surface area contributed by atoms with Crippen LogP contribution in [0.2, 0.25) is 0 Å². The van der Waals surface area contributed by atoms with E-state index in [1.54, 1.807) is 29.2 Å². The summed E-state index contributed by atoms with van der Waals surface area (Å²) in [6.07, 6.45) is 0. The van der Waals surface area contributed by atoms with Crippen LogP contribution in [0.3, 0.4) is 0 Å². The van der Waals surface area contributed by atoms with Crippen molar-refractivity contribution in [2.45, 2.75) is 0 Å². The predicted octanol–water partition coefficient (Wildman–Crippen LogP) is 3.69. The molecular formula is C21H19BrN2O5. The second kappa shape index (κ2) is 8.67. The molecule has 1 aliphatic heterocycles. The van der Waals surface area contributed by atoms with E-state index in [1.165, 1.54) is 0 Å². The van der Waals surface area contributed by atoms with Crippen LogP contribution >= 0.6 is 15.9 Å². The number of anilines is 1. The quantitative estimate of drug-likeness (QED) is 0.630. The fourth-order valence-electron chi connectivity index (χ4n) is 3.09. The molecule has 1 N–H and O–H groups in total. The molecule has 1 aromatic heterocycles. The number of hydrogen-bond acceptors (Lipinski definition) is 5. The summed E-state index contributed by atoms with van der Waals surface area (Å²) >= 11 is 3.35. The van der Waals surface area contributed by atoms with Gasteiger partial charge in [-0.15, -0.1) is 0 Å². The molecule has 0 unspecified atom stereocenters. The minimum absolute atomic E-state index is 0.116. The first-order chi connectivity index (χ1) is 14.1. The van der Waals surface area contributed by atoms with Gasteiger partial charge in [-0.2, -0.15) is 0 Å². The summed E-state index contributed by atoms with van der Waals surface area (Å²) in [6.45, 7) is 1.74. The van der Waals surface area contributed by atoms with Gasteiger partial charge in [-0.05, 0) is 36.4 Å². The second-order valence-corrected chi connectivity index (χ2v) is 7.41. The molecule has 2 heterocycles. The normalized spacial score (nSPS) is 14.0. The Labute approximate surface area is 175 Å². The van der Waals surface area contributed by atoms with Crippen LogP contribution in [0.4, 0.5) is 5.69 Å². The lowest BCUT2D eigenvalue weighted by Gasteiger charge is -2.26. The van der Waals surface area contributed by atoms with Crippen LogP contribution in [-0.4, -0.2) is 49.6 Å². The van der Waals surface area contributed by atoms with Crippen molar-refractivity contribution in [3.05, 3.63) is 58.8 Å². The SMILES string of the molecule is O=C(COc1ccc(Br)cc1)Nc1c(C(=O)N2CCOCC2)oc2ccccc12. The van der Waals surface area contributed by atoms with Gasteiger partial charge in [0.1, 0.15) is 17.0 Å². The molecule has 0 atom stereocenters. The molecule has 8 heteroatoms. The van der Waals surface area contributed by atoms with Crippen molar-refractivity contribution in [2.24, 2.45) is 0 Å². The summed E-state index contributed by atoms with van der Waals surface area (Å²) in [5.41, 5.74) is 0.898. The van der Waals surface area contributed by atoms with Gasteiger partial charge in [0.15, 0.2) is 6.61 Å². The second-order valence-electron chi connectivity index (χ2n) is 6.50. The Bertz CT molecular complexity index is 1030. The van der Waals surface area contributed by atoms with Crippen LogP contribution in [0, 0.1) is 0 Å². The third-order valence-electron chi connectivity index (χ3n) is 4.54. The van der Waals surface area contributed by atoms with Gasteiger partial charge < -0.3 is 24.1 Å². The Morgan fingerprint density at radius 1 is 1.07 bits per heavy atom. The van der Waals surface area contributed by atoms with E-state index in [1.807, 2.05) is 24.3 Å². The number of furan rings is 1. The maximum atomic E-state index is 13.0. The number of halogens is 1. The Morgan fingerprint density at radius 2 is 1.79 bits per heavy atom. The highest BCUT2D eigenvalue weighted by atomic mass is 79.9. The molecule has 1 aliphatic rings. The van der Waals surface area contributed by atoms with Gasteiger partial charge >= 0.3 is 0 Å². The first-order valence-electron chi connectivity index (χ1n) is 9.18. The first-order valence-corrected chi connectivity index (χ1v) is 9.98. The highest BCUT2D eigenvalue weighted by Crippen LogP contribution is 2.32. The zero-order valence-electron chi connectivity index (χ0n) is 15.5. The smallest absolute Gasteiger partial charge is 0.291 e. The summed E-state index contributed by atoms with van der Waals surface area (Å²) in [7, 11) is 0. The maximum Gasteiger partial charge on any atom is 0.291 e. The number of para-hydroxylation sites is 1. The number of ether oxygens (including phenoxy) is 2. The van der Waals surface area contributed by atoms with Gasteiger partial charge in [0, 0.05) is 22.9 Å². The number of rotatable bonds is 5. The number of morpholine rings is 1. The van der Waals surface area contributed by atoms with Crippen molar-refractivity contribution in [2.75, 3.05) is 38.2 Å². The van der Waals surface area contributed by atoms with Crippen LogP contribution in [0.15, 0.2) is 57.4 Å². The van der Waals surface area contributed by atoms with Crippen LogP contribution in [0.25, 0.3) is 11.0 Å². The highest BCUT2D eigenvalue weighted by Gasteiger charge is 2.27. The molecule has 150 valence electrons. The van der Waals surface area contributed by atoms with E-state index in [0.717, 1.165) is 4.47 Å². The number of hydrogen-bond donors (Lipinski definition) is 1. The Balaban J connectivity index is 1.54. The van der Waals surface area contributed by atoms with Crippen LogP contribution in [0.5, 0.6) is 5.75 Å². The number of fused-ring (bicyclic) bond motifs is 1. The molecule has 2 aromatic carbocycles. The molecule has 0 aliphatic carbocycles. The highest BCUT2D eigenvalue weighted by molar-refractivity contribution is 9.10. The zero-order valence-corrected chi connectivity index (χ0v) is 17.1. The van der Waals surface area contributed by atoms with E-state index in [2.05, 4.69) is 21.2 Å². The molecule has 29 heavy (non-hydrogen) atoms. The minimum Gasteiger partial charge on any atom is -0.484 e. The molecule has 0 saturated carbocycles. The van der Waals surface area contributed by atoms with E-state index < -0.39 is 0 Å². The lowest BCUT2D eigenvalue weighted by atomic mass is 10.2. The van der Waals surface area contributed by atoms with Crippen LogP contribution in [-0.2, 0) is 9.53 Å². The topological polar surface area (TPSA) is 81.0 Å². The van der Waals surface area contributed by atoms with Crippen molar-refractivity contribution in [3.8, 4) is 5.75 Å². The summed E-state index contributed by atoms with van der Waals surface area (Å²) in [5, 5.41) is 3.46. The Hall–Kier alpha value is -2.84. The van der Waals surface area contributed by atoms with E-state index in [-0.39, 0.29) is 24.2 Å². The van der Waals surface area contributed by atoms with Gasteiger partial charge in [-0.1, -0.05) is 28.1 Å². The van der Waals surface area contributed by atoms with Gasteiger partial charge in [-0.3, -0.25) is 9.59 Å². The van der Waals surface area contributed by atoms with E-state index in [9.17, 15) is 9.59 Å². The van der Waals surface area contributed by atoms with Gasteiger partial charge in [0.25, 0.3) is 11.8 Å². The third kappa shape index (κ3) is 4.44. The Morgan fingerprint density at radius 3 is 2.55 bits per heavy atom. The first kappa shape index (κ1) is 19.5. The van der Waals surface area contributed by atoms with Crippen molar-refractivity contribution < 1.29 is 23.5 Å². The standard InChI is InChI=1S/C21H19BrN2O5/c22-14-5-7-15(8-6-14)28-13-18(25)23-19-16-3-1-2-4-17(16)29-20(19)21(26)24-9-11-27-12-10-24/h1-8H,9-13H2,(H,23,25). The van der Waals surface area contributed by atoms with E-state index >= 15 is 0 Å². The van der Waals surface area contributed by atoms with Crippen molar-refractivity contribution >= 4 is 44.4 Å². The summed E-state index contributed by atoms with van der Waals surface area (Å²) < 4.78 is 17.6. The third-order valence-corrected chi connectivity index (χ3v) is 5.06. The minimum atomic E-state index is -0.379. The summed E-state index contributed by atoms with van der Waals surface area (Å²) in [6, 6.07) is 14.4. The number of benzene rings is 2. The molecular weight excluding hydrogens is 440 g/mol. The fourth-order valence-corrected chi connectivity index (χ4v) is 3.35. The Kier molecular flexibility index (Phi) is 5.82. The van der Waals surface area contributed by atoms with Crippen LogP contribution < -0.4 is 10.1 Å². The van der Waals surface area contributed by atoms with Crippen molar-refractivity contribution in [1.82, 2.24) is 4.90 Å². The molecule has 0 radical (unpaired) electrons. The molecule has 7 nitrogen and oxygen atoms in total. The van der Waals surface area contributed by atoms with Crippen LogP contribution in [0.1, 0.15) is 10.6 Å². The molecule has 0 bridgehead atoms.